The van der Waals surface area contributed by atoms with Crippen LogP contribution in [0.5, 0.6) is 0 Å². The molecule has 0 amide bonds. The maximum atomic E-state index is 11.2. The van der Waals surface area contributed by atoms with Crippen LogP contribution >= 0.6 is 15.9 Å². The minimum atomic E-state index is 0.0736. The summed E-state index contributed by atoms with van der Waals surface area (Å²) in [6.45, 7) is 2.69. The van der Waals surface area contributed by atoms with Gasteiger partial charge in [-0.25, -0.2) is 0 Å². The Bertz CT molecular complexity index is 292. The maximum absolute atomic E-state index is 11.2. The normalized spacial score (nSPS) is 10.0. The van der Waals surface area contributed by atoms with Crippen molar-refractivity contribution in [2.24, 2.45) is 0 Å². The molecule has 0 atom stereocenters. The molecule has 0 fully saturated rings. The average molecular weight is 216 g/mol. The molecule has 0 saturated heterocycles. The topological polar surface area (TPSA) is 22.0 Å². The van der Waals surface area contributed by atoms with Crippen molar-refractivity contribution in [3.63, 3.8) is 0 Å². The lowest BCUT2D eigenvalue weighted by atomic mass is 10.3. The molecule has 2 nitrogen and oxygen atoms in total. The molecule has 0 aliphatic heterocycles. The van der Waals surface area contributed by atoms with Crippen LogP contribution in [0.1, 0.15) is 12.5 Å². The van der Waals surface area contributed by atoms with E-state index in [1.165, 1.54) is 0 Å². The SMILES string of the molecule is CCn1ccc(CBr)cc1=O. The molecule has 0 bridgehead atoms. The summed E-state index contributed by atoms with van der Waals surface area (Å²) in [5.41, 5.74) is 1.10. The Balaban J connectivity index is 3.10. The van der Waals surface area contributed by atoms with Crippen molar-refractivity contribution < 1.29 is 0 Å². The lowest BCUT2D eigenvalue weighted by Crippen LogP contribution is -2.17. The zero-order chi connectivity index (χ0) is 8.27. The van der Waals surface area contributed by atoms with E-state index in [9.17, 15) is 4.79 Å². The number of aryl methyl sites for hydroxylation is 1. The first-order valence-electron chi connectivity index (χ1n) is 3.53. The number of hydrogen-bond donors (Lipinski definition) is 0. The van der Waals surface area contributed by atoms with Crippen LogP contribution in [0.2, 0.25) is 0 Å². The molecule has 0 unspecified atom stereocenters. The molecule has 3 heteroatoms. The Morgan fingerprint density at radius 1 is 1.64 bits per heavy atom. The first kappa shape index (κ1) is 8.53. The van der Waals surface area contributed by atoms with Gasteiger partial charge in [0.15, 0.2) is 0 Å². The van der Waals surface area contributed by atoms with E-state index in [4.69, 9.17) is 0 Å². The molecule has 0 N–H and O–H groups in total. The van der Waals surface area contributed by atoms with Crippen LogP contribution in [0.3, 0.4) is 0 Å². The molecule has 0 radical (unpaired) electrons. The highest BCUT2D eigenvalue weighted by molar-refractivity contribution is 9.08. The molecule has 60 valence electrons. The van der Waals surface area contributed by atoms with E-state index < -0.39 is 0 Å². The smallest absolute Gasteiger partial charge is 0.250 e. The number of hydrogen-bond acceptors (Lipinski definition) is 1. The van der Waals surface area contributed by atoms with Crippen LogP contribution in [-0.4, -0.2) is 4.57 Å². The second-order valence-electron chi connectivity index (χ2n) is 2.29. The minimum Gasteiger partial charge on any atom is -0.316 e. The molecule has 1 heterocycles. The molecule has 1 rings (SSSR count). The number of halogens is 1. The van der Waals surface area contributed by atoms with Gasteiger partial charge in [-0.05, 0) is 18.6 Å². The van der Waals surface area contributed by atoms with Crippen molar-refractivity contribution >= 4 is 15.9 Å². The van der Waals surface area contributed by atoms with Crippen molar-refractivity contribution in [3.05, 3.63) is 34.2 Å². The Labute approximate surface area is 74.0 Å². The van der Waals surface area contributed by atoms with Gasteiger partial charge >= 0.3 is 0 Å². The second-order valence-corrected chi connectivity index (χ2v) is 2.85. The Morgan fingerprint density at radius 3 is 2.82 bits per heavy atom. The van der Waals surface area contributed by atoms with Crippen LogP contribution in [-0.2, 0) is 11.9 Å². The molecule has 0 aromatic carbocycles. The lowest BCUT2D eigenvalue weighted by Gasteiger charge is -2.00. The number of nitrogens with zero attached hydrogens (tertiary/aromatic N) is 1. The predicted octanol–water partition coefficient (Wildman–Crippen LogP) is 1.76. The van der Waals surface area contributed by atoms with Gasteiger partial charge in [-0.3, -0.25) is 4.79 Å². The first-order chi connectivity index (χ1) is 5.27. The fourth-order valence-corrected chi connectivity index (χ4v) is 1.24. The third-order valence-corrected chi connectivity index (χ3v) is 2.20. The van der Waals surface area contributed by atoms with Gasteiger partial charge in [-0.1, -0.05) is 15.9 Å². The van der Waals surface area contributed by atoms with Crippen molar-refractivity contribution in [1.29, 1.82) is 0 Å². The van der Waals surface area contributed by atoms with Gasteiger partial charge in [0.25, 0.3) is 5.56 Å². The number of aromatic nitrogens is 1. The van der Waals surface area contributed by atoms with Gasteiger partial charge in [-0.2, -0.15) is 0 Å². The van der Waals surface area contributed by atoms with Gasteiger partial charge in [0.1, 0.15) is 0 Å². The summed E-state index contributed by atoms with van der Waals surface area (Å²) in [6, 6.07) is 3.60. The minimum absolute atomic E-state index is 0.0736. The molecule has 0 aliphatic carbocycles. The molecule has 0 saturated carbocycles. The highest BCUT2D eigenvalue weighted by atomic mass is 79.9. The fourth-order valence-electron chi connectivity index (χ4n) is 0.893. The number of alkyl halides is 1. The van der Waals surface area contributed by atoms with E-state index >= 15 is 0 Å². The Morgan fingerprint density at radius 2 is 2.36 bits per heavy atom. The standard InChI is InChI=1S/C8H10BrNO/c1-2-10-4-3-7(6-9)5-8(10)11/h3-5H,2,6H2,1H3. The summed E-state index contributed by atoms with van der Waals surface area (Å²) in [5, 5.41) is 0.743. The largest absolute Gasteiger partial charge is 0.316 e. The monoisotopic (exact) mass is 215 g/mol. The number of rotatable bonds is 2. The molecule has 0 aliphatic rings. The number of pyridine rings is 1. The van der Waals surface area contributed by atoms with Gasteiger partial charge in [0.2, 0.25) is 0 Å². The quantitative estimate of drug-likeness (QED) is 0.690. The zero-order valence-corrected chi connectivity index (χ0v) is 7.97. The predicted molar refractivity (Wildman–Crippen MR) is 49.0 cm³/mol. The van der Waals surface area contributed by atoms with E-state index in [1.807, 2.05) is 19.2 Å². The van der Waals surface area contributed by atoms with Gasteiger partial charge in [0.05, 0.1) is 0 Å². The van der Waals surface area contributed by atoms with Crippen molar-refractivity contribution in [2.45, 2.75) is 18.8 Å². The second kappa shape index (κ2) is 3.72. The van der Waals surface area contributed by atoms with E-state index in [0.717, 1.165) is 17.4 Å². The molecular weight excluding hydrogens is 206 g/mol. The third-order valence-electron chi connectivity index (χ3n) is 1.56. The van der Waals surface area contributed by atoms with Crippen LogP contribution in [0.4, 0.5) is 0 Å². The van der Waals surface area contributed by atoms with E-state index in [1.54, 1.807) is 10.6 Å². The Hall–Kier alpha value is -0.570. The average Bonchev–Trinajstić information content (AvgIpc) is 2.04. The summed E-state index contributed by atoms with van der Waals surface area (Å²) in [6.07, 6.45) is 1.82. The van der Waals surface area contributed by atoms with E-state index in [2.05, 4.69) is 15.9 Å². The molecule has 0 spiro atoms. The fraction of sp³-hybridized carbons (Fsp3) is 0.375. The molecule has 1 aromatic rings. The van der Waals surface area contributed by atoms with Crippen LogP contribution < -0.4 is 5.56 Å². The van der Waals surface area contributed by atoms with Gasteiger partial charge in [0, 0.05) is 24.1 Å². The molecular formula is C8H10BrNO. The summed E-state index contributed by atoms with van der Waals surface area (Å²) in [4.78, 5) is 11.2. The zero-order valence-electron chi connectivity index (χ0n) is 6.38. The summed E-state index contributed by atoms with van der Waals surface area (Å²) in [7, 11) is 0. The first-order valence-corrected chi connectivity index (χ1v) is 4.65. The van der Waals surface area contributed by atoms with Gasteiger partial charge < -0.3 is 4.57 Å². The van der Waals surface area contributed by atoms with Crippen molar-refractivity contribution in [1.82, 2.24) is 4.57 Å². The van der Waals surface area contributed by atoms with Crippen LogP contribution in [0.25, 0.3) is 0 Å². The molecule has 11 heavy (non-hydrogen) atoms. The molecule has 1 aromatic heterocycles. The van der Waals surface area contributed by atoms with E-state index in [0.29, 0.717) is 0 Å². The highest BCUT2D eigenvalue weighted by Gasteiger charge is 1.93. The lowest BCUT2D eigenvalue weighted by molar-refractivity contribution is 0.725. The summed E-state index contributed by atoms with van der Waals surface area (Å²) < 4.78 is 1.67. The van der Waals surface area contributed by atoms with Crippen LogP contribution in [0.15, 0.2) is 23.1 Å². The van der Waals surface area contributed by atoms with Crippen molar-refractivity contribution in [3.8, 4) is 0 Å². The summed E-state index contributed by atoms with van der Waals surface area (Å²) in [5.74, 6) is 0. The maximum Gasteiger partial charge on any atom is 0.250 e. The van der Waals surface area contributed by atoms with Crippen LogP contribution in [0, 0.1) is 0 Å². The Kier molecular flexibility index (Phi) is 2.88. The van der Waals surface area contributed by atoms with E-state index in [-0.39, 0.29) is 5.56 Å². The highest BCUT2D eigenvalue weighted by Crippen LogP contribution is 2.00. The third kappa shape index (κ3) is 1.93. The van der Waals surface area contributed by atoms with Gasteiger partial charge in [-0.15, -0.1) is 0 Å². The van der Waals surface area contributed by atoms with Crippen molar-refractivity contribution in [2.75, 3.05) is 0 Å². The summed E-state index contributed by atoms with van der Waals surface area (Å²) >= 11 is 3.29.